The van der Waals surface area contributed by atoms with E-state index in [0.29, 0.717) is 44.2 Å². The van der Waals surface area contributed by atoms with Gasteiger partial charge in [0.05, 0.1) is 16.6 Å². The average molecular weight is 571 g/mol. The first-order chi connectivity index (χ1) is 17.0. The number of carbonyl (C=O) groups is 1. The Labute approximate surface area is 225 Å². The standard InChI is InChI=1S/C24H19Cl4N3O5/c1-24(2,3)20-18(34-23(33)35-20)11-31(22(32)21(27)28)12-7-8-29-15(9-12)17-10-16(30-36-17)19-13(25)5-4-6-14(19)26/h4-10,21H,11H2,1-3H3. The van der Waals surface area contributed by atoms with Gasteiger partial charge in [0, 0.05) is 28.9 Å². The molecule has 0 unspecified atom stereocenters. The van der Waals surface area contributed by atoms with Crippen molar-refractivity contribution in [2.75, 3.05) is 4.90 Å². The highest BCUT2D eigenvalue weighted by atomic mass is 35.5. The third kappa shape index (κ3) is 5.47. The molecule has 0 N–H and O–H groups in total. The van der Waals surface area contributed by atoms with Crippen molar-refractivity contribution < 1.29 is 18.2 Å². The molecule has 1 aromatic carbocycles. The zero-order valence-electron chi connectivity index (χ0n) is 19.2. The topological polar surface area (TPSA) is 103 Å². The Morgan fingerprint density at radius 2 is 1.75 bits per heavy atom. The third-order valence-electron chi connectivity index (χ3n) is 5.12. The molecule has 4 rings (SSSR count). The summed E-state index contributed by atoms with van der Waals surface area (Å²) in [4.78, 5) is 29.0. The molecule has 0 aliphatic rings. The van der Waals surface area contributed by atoms with Crippen molar-refractivity contribution in [3.8, 4) is 22.7 Å². The molecule has 0 saturated carbocycles. The van der Waals surface area contributed by atoms with Crippen LogP contribution in [0.5, 0.6) is 0 Å². The maximum absolute atomic E-state index is 13.0. The summed E-state index contributed by atoms with van der Waals surface area (Å²) in [5, 5.41) is 4.88. The van der Waals surface area contributed by atoms with E-state index >= 15 is 0 Å². The molecule has 0 fully saturated rings. The zero-order valence-corrected chi connectivity index (χ0v) is 22.2. The SMILES string of the molecule is CC(C)(C)c1oc(=O)oc1CN(C(=O)C(Cl)Cl)c1ccnc(-c2cc(-c3c(Cl)cccc3Cl)no2)c1. The zero-order chi connectivity index (χ0) is 26.2. The molecule has 188 valence electrons. The lowest BCUT2D eigenvalue weighted by Gasteiger charge is -2.24. The number of anilines is 1. The minimum atomic E-state index is -1.38. The molecule has 0 spiro atoms. The normalized spacial score (nSPS) is 11.8. The van der Waals surface area contributed by atoms with Gasteiger partial charge >= 0.3 is 5.82 Å². The molecule has 3 aromatic heterocycles. The van der Waals surface area contributed by atoms with Gasteiger partial charge in [-0.3, -0.25) is 9.78 Å². The molecule has 8 nitrogen and oxygen atoms in total. The lowest BCUT2D eigenvalue weighted by Crippen LogP contribution is -2.35. The van der Waals surface area contributed by atoms with E-state index in [9.17, 15) is 9.59 Å². The molecule has 0 aliphatic heterocycles. The van der Waals surface area contributed by atoms with Gasteiger partial charge in [0.2, 0.25) is 0 Å². The largest absolute Gasteiger partial charge is 0.519 e. The van der Waals surface area contributed by atoms with Gasteiger partial charge in [-0.15, -0.1) is 0 Å². The fourth-order valence-electron chi connectivity index (χ4n) is 3.52. The second-order valence-corrected chi connectivity index (χ2v) is 10.7. The molecule has 12 heteroatoms. The number of hydrogen-bond donors (Lipinski definition) is 0. The molecular formula is C24H19Cl4N3O5. The van der Waals surface area contributed by atoms with Crippen LogP contribution in [-0.4, -0.2) is 20.9 Å². The maximum Gasteiger partial charge on any atom is 0.519 e. The van der Waals surface area contributed by atoms with Crippen LogP contribution < -0.4 is 10.7 Å². The lowest BCUT2D eigenvalue weighted by molar-refractivity contribution is -0.117. The van der Waals surface area contributed by atoms with Crippen LogP contribution in [-0.2, 0) is 16.8 Å². The quantitative estimate of drug-likeness (QED) is 0.232. The molecule has 4 aromatic rings. The number of aromatic nitrogens is 2. The van der Waals surface area contributed by atoms with Gasteiger partial charge in [0.25, 0.3) is 5.91 Å². The highest BCUT2D eigenvalue weighted by molar-refractivity contribution is 6.54. The fourth-order valence-corrected chi connectivity index (χ4v) is 4.35. The molecule has 0 atom stereocenters. The van der Waals surface area contributed by atoms with Crippen molar-refractivity contribution in [1.29, 1.82) is 0 Å². The fraction of sp³-hybridized carbons (Fsp3) is 0.250. The van der Waals surface area contributed by atoms with E-state index in [4.69, 9.17) is 59.8 Å². The van der Waals surface area contributed by atoms with Crippen molar-refractivity contribution in [2.45, 2.75) is 37.6 Å². The highest BCUT2D eigenvalue weighted by Crippen LogP contribution is 2.36. The van der Waals surface area contributed by atoms with Crippen LogP contribution in [0.25, 0.3) is 22.7 Å². The van der Waals surface area contributed by atoms with Crippen LogP contribution in [0.2, 0.25) is 10.0 Å². The van der Waals surface area contributed by atoms with Crippen LogP contribution in [0, 0.1) is 0 Å². The number of halogens is 4. The Morgan fingerprint density at radius 3 is 2.39 bits per heavy atom. The third-order valence-corrected chi connectivity index (χ3v) is 6.12. The molecule has 3 heterocycles. The smallest absolute Gasteiger partial charge is 0.395 e. The molecular weight excluding hydrogens is 552 g/mol. The summed E-state index contributed by atoms with van der Waals surface area (Å²) in [6, 6.07) is 9.89. The van der Waals surface area contributed by atoms with Crippen LogP contribution in [0.4, 0.5) is 5.69 Å². The molecule has 0 radical (unpaired) electrons. The maximum atomic E-state index is 13.0. The summed E-state index contributed by atoms with van der Waals surface area (Å²) in [7, 11) is 0. The monoisotopic (exact) mass is 569 g/mol. The van der Waals surface area contributed by atoms with Crippen molar-refractivity contribution in [3.63, 3.8) is 0 Å². The molecule has 0 saturated heterocycles. The second-order valence-electron chi connectivity index (χ2n) is 8.75. The van der Waals surface area contributed by atoms with Gasteiger partial charge in [-0.25, -0.2) is 4.79 Å². The predicted octanol–water partition coefficient (Wildman–Crippen LogP) is 6.89. The first-order valence-electron chi connectivity index (χ1n) is 10.6. The number of rotatable bonds is 6. The van der Waals surface area contributed by atoms with Crippen LogP contribution in [0.1, 0.15) is 32.3 Å². The minimum absolute atomic E-state index is 0.159. The number of amides is 1. The van der Waals surface area contributed by atoms with E-state index in [0.717, 1.165) is 0 Å². The molecule has 0 aliphatic carbocycles. The van der Waals surface area contributed by atoms with E-state index in [2.05, 4.69) is 10.1 Å². The van der Waals surface area contributed by atoms with E-state index in [1.807, 2.05) is 20.8 Å². The van der Waals surface area contributed by atoms with E-state index < -0.39 is 22.0 Å². The van der Waals surface area contributed by atoms with Gasteiger partial charge in [0.1, 0.15) is 11.4 Å². The summed E-state index contributed by atoms with van der Waals surface area (Å²) >= 11 is 24.4. The average Bonchev–Trinajstić information content (AvgIpc) is 3.44. The number of hydrogen-bond acceptors (Lipinski definition) is 7. The van der Waals surface area contributed by atoms with Gasteiger partial charge in [-0.2, -0.15) is 0 Å². The summed E-state index contributed by atoms with van der Waals surface area (Å²) in [6.07, 6.45) is 1.48. The predicted molar refractivity (Wildman–Crippen MR) is 138 cm³/mol. The van der Waals surface area contributed by atoms with Gasteiger partial charge in [0.15, 0.2) is 22.1 Å². The van der Waals surface area contributed by atoms with Crippen LogP contribution in [0.15, 0.2) is 60.7 Å². The Morgan fingerprint density at radius 1 is 1.06 bits per heavy atom. The van der Waals surface area contributed by atoms with Gasteiger partial charge in [-0.1, -0.05) is 78.4 Å². The highest BCUT2D eigenvalue weighted by Gasteiger charge is 2.31. The van der Waals surface area contributed by atoms with E-state index in [1.165, 1.54) is 11.1 Å². The number of carbonyl (C=O) groups excluding carboxylic acids is 1. The van der Waals surface area contributed by atoms with Crippen LogP contribution >= 0.6 is 46.4 Å². The minimum Gasteiger partial charge on any atom is -0.395 e. The summed E-state index contributed by atoms with van der Waals surface area (Å²) in [5.74, 6) is -0.743. The molecule has 36 heavy (non-hydrogen) atoms. The summed E-state index contributed by atoms with van der Waals surface area (Å²) in [6.45, 7) is 5.38. The molecule has 0 bridgehead atoms. The Kier molecular flexibility index (Phi) is 7.52. The number of nitrogens with zero attached hydrogens (tertiary/aromatic N) is 3. The van der Waals surface area contributed by atoms with Crippen molar-refractivity contribution >= 4 is 58.0 Å². The van der Waals surface area contributed by atoms with E-state index in [-0.39, 0.29) is 12.3 Å². The van der Waals surface area contributed by atoms with Crippen molar-refractivity contribution in [3.05, 3.63) is 74.8 Å². The Hall–Kier alpha value is -2.78. The Bertz CT molecular complexity index is 1450. The second kappa shape index (κ2) is 10.3. The van der Waals surface area contributed by atoms with Gasteiger partial charge in [-0.05, 0) is 24.3 Å². The number of benzene rings is 1. The van der Waals surface area contributed by atoms with Crippen LogP contribution in [0.3, 0.4) is 0 Å². The van der Waals surface area contributed by atoms with Crippen molar-refractivity contribution in [2.24, 2.45) is 0 Å². The number of pyridine rings is 1. The first-order valence-corrected chi connectivity index (χ1v) is 12.2. The van der Waals surface area contributed by atoms with Crippen molar-refractivity contribution in [1.82, 2.24) is 10.1 Å². The van der Waals surface area contributed by atoms with Gasteiger partial charge < -0.3 is 18.3 Å². The summed E-state index contributed by atoms with van der Waals surface area (Å²) < 4.78 is 16.0. The number of alkyl halides is 2. The Balaban J connectivity index is 1.73. The van der Waals surface area contributed by atoms with E-state index in [1.54, 1.807) is 36.4 Å². The molecule has 1 amide bonds. The lowest BCUT2D eigenvalue weighted by atomic mass is 9.92. The summed E-state index contributed by atoms with van der Waals surface area (Å²) in [5.41, 5.74) is 1.10. The first kappa shape index (κ1) is 26.3.